The number of carbonyl (C=O) groups excluding carboxylic acids is 1. The summed E-state index contributed by atoms with van der Waals surface area (Å²) in [4.78, 5) is 12.3. The van der Waals surface area contributed by atoms with E-state index in [4.69, 9.17) is 0 Å². The molecule has 134 valence electrons. The summed E-state index contributed by atoms with van der Waals surface area (Å²) >= 11 is 1.47. The molecular weight excluding hydrogens is 332 g/mol. The minimum absolute atomic E-state index is 0.101. The molecule has 0 atom stereocenters. The number of thioether (sulfide) groups is 1. The fourth-order valence-electron chi connectivity index (χ4n) is 3.24. The smallest absolute Gasteiger partial charge is 0.230 e. The van der Waals surface area contributed by atoms with Crippen molar-refractivity contribution in [1.82, 2.24) is 20.1 Å². The molecule has 1 amide bonds. The van der Waals surface area contributed by atoms with Gasteiger partial charge in [0.15, 0.2) is 5.16 Å². The van der Waals surface area contributed by atoms with Gasteiger partial charge in [-0.1, -0.05) is 67.8 Å². The fraction of sp³-hybridized carbons (Fsp3) is 0.526. The number of aryl methyl sites for hydroxylation is 1. The highest BCUT2D eigenvalue weighted by atomic mass is 32.2. The summed E-state index contributed by atoms with van der Waals surface area (Å²) in [5, 5.41) is 12.4. The number of hydrogen-bond acceptors (Lipinski definition) is 4. The second kappa shape index (κ2) is 9.04. The standard InChI is InChI=1S/C19H26N4OS/c1-15-21-22-19(23(15)13-16-9-5-4-6-10-16)25-14-18(24)20-17-11-7-2-3-8-12-17/h4-6,9-10,17H,2-3,7-8,11-14H2,1H3,(H,20,24). The molecule has 1 aromatic heterocycles. The third-order valence-electron chi connectivity index (χ3n) is 4.64. The van der Waals surface area contributed by atoms with E-state index < -0.39 is 0 Å². The van der Waals surface area contributed by atoms with E-state index in [9.17, 15) is 4.79 Å². The Morgan fingerprint density at radius 1 is 1.16 bits per heavy atom. The second-order valence-electron chi connectivity index (χ2n) is 6.65. The van der Waals surface area contributed by atoms with Crippen LogP contribution >= 0.6 is 11.8 Å². The first kappa shape index (κ1) is 18.0. The fourth-order valence-corrected chi connectivity index (χ4v) is 4.03. The predicted molar refractivity (Wildman–Crippen MR) is 101 cm³/mol. The lowest BCUT2D eigenvalue weighted by atomic mass is 10.1. The summed E-state index contributed by atoms with van der Waals surface area (Å²) < 4.78 is 2.07. The lowest BCUT2D eigenvalue weighted by molar-refractivity contribution is -0.119. The number of benzene rings is 1. The van der Waals surface area contributed by atoms with E-state index >= 15 is 0 Å². The van der Waals surface area contributed by atoms with Gasteiger partial charge in [-0.3, -0.25) is 4.79 Å². The van der Waals surface area contributed by atoms with Crippen LogP contribution in [0.5, 0.6) is 0 Å². The van der Waals surface area contributed by atoms with Crippen molar-refractivity contribution < 1.29 is 4.79 Å². The Balaban J connectivity index is 1.55. The van der Waals surface area contributed by atoms with Crippen molar-refractivity contribution in [3.05, 3.63) is 41.7 Å². The molecule has 0 bridgehead atoms. The maximum Gasteiger partial charge on any atom is 0.230 e. The predicted octanol–water partition coefficient (Wildman–Crippen LogP) is 3.57. The first-order valence-electron chi connectivity index (χ1n) is 9.08. The van der Waals surface area contributed by atoms with E-state index in [-0.39, 0.29) is 5.91 Å². The van der Waals surface area contributed by atoms with Gasteiger partial charge in [-0.15, -0.1) is 10.2 Å². The van der Waals surface area contributed by atoms with Crippen LogP contribution in [0.1, 0.15) is 49.9 Å². The zero-order valence-electron chi connectivity index (χ0n) is 14.8. The topological polar surface area (TPSA) is 59.8 Å². The van der Waals surface area contributed by atoms with Gasteiger partial charge in [0.2, 0.25) is 5.91 Å². The van der Waals surface area contributed by atoms with Crippen LogP contribution in [0.25, 0.3) is 0 Å². The minimum Gasteiger partial charge on any atom is -0.353 e. The Bertz CT molecular complexity index is 678. The second-order valence-corrected chi connectivity index (χ2v) is 7.59. The average molecular weight is 359 g/mol. The van der Waals surface area contributed by atoms with Crippen LogP contribution in [0.2, 0.25) is 0 Å². The highest BCUT2D eigenvalue weighted by Crippen LogP contribution is 2.20. The summed E-state index contributed by atoms with van der Waals surface area (Å²) in [5.74, 6) is 1.36. The molecule has 6 heteroatoms. The Morgan fingerprint density at radius 3 is 2.60 bits per heavy atom. The molecule has 0 unspecified atom stereocenters. The molecule has 1 aliphatic carbocycles. The van der Waals surface area contributed by atoms with Crippen LogP contribution in [-0.2, 0) is 11.3 Å². The number of rotatable bonds is 6. The third kappa shape index (κ3) is 5.33. The van der Waals surface area contributed by atoms with Crippen LogP contribution in [0.4, 0.5) is 0 Å². The molecule has 1 saturated carbocycles. The van der Waals surface area contributed by atoms with Crippen LogP contribution < -0.4 is 5.32 Å². The van der Waals surface area contributed by atoms with Crippen molar-refractivity contribution in [2.45, 2.75) is 63.2 Å². The molecular formula is C19H26N4OS. The first-order valence-corrected chi connectivity index (χ1v) is 10.1. The summed E-state index contributed by atoms with van der Waals surface area (Å²) in [6, 6.07) is 10.6. The zero-order valence-corrected chi connectivity index (χ0v) is 15.6. The number of hydrogen-bond donors (Lipinski definition) is 1. The van der Waals surface area contributed by atoms with Crippen molar-refractivity contribution in [3.8, 4) is 0 Å². The summed E-state index contributed by atoms with van der Waals surface area (Å²) in [7, 11) is 0. The van der Waals surface area contributed by atoms with Gasteiger partial charge < -0.3 is 9.88 Å². The van der Waals surface area contributed by atoms with E-state index in [0.717, 1.165) is 30.4 Å². The maximum atomic E-state index is 12.3. The maximum absolute atomic E-state index is 12.3. The van der Waals surface area contributed by atoms with Gasteiger partial charge in [0.25, 0.3) is 0 Å². The molecule has 1 fully saturated rings. The van der Waals surface area contributed by atoms with E-state index in [1.807, 2.05) is 25.1 Å². The van der Waals surface area contributed by atoms with Gasteiger partial charge in [0.05, 0.1) is 12.3 Å². The number of nitrogens with zero attached hydrogens (tertiary/aromatic N) is 3. The largest absolute Gasteiger partial charge is 0.353 e. The van der Waals surface area contributed by atoms with Crippen LogP contribution in [0.15, 0.2) is 35.5 Å². The quantitative estimate of drug-likeness (QED) is 0.633. The van der Waals surface area contributed by atoms with Crippen molar-refractivity contribution in [3.63, 3.8) is 0 Å². The molecule has 0 aliphatic heterocycles. The molecule has 1 N–H and O–H groups in total. The van der Waals surface area contributed by atoms with Gasteiger partial charge in [-0.05, 0) is 25.3 Å². The lowest BCUT2D eigenvalue weighted by Crippen LogP contribution is -2.35. The SMILES string of the molecule is Cc1nnc(SCC(=O)NC2CCCCCC2)n1Cc1ccccc1. The molecule has 25 heavy (non-hydrogen) atoms. The normalized spacial score (nSPS) is 15.7. The molecule has 0 saturated heterocycles. The van der Waals surface area contributed by atoms with Crippen LogP contribution in [-0.4, -0.2) is 32.5 Å². The highest BCUT2D eigenvalue weighted by molar-refractivity contribution is 7.99. The van der Waals surface area contributed by atoms with E-state index in [1.54, 1.807) is 0 Å². The lowest BCUT2D eigenvalue weighted by Gasteiger charge is -2.16. The minimum atomic E-state index is 0.101. The molecule has 3 rings (SSSR count). The Kier molecular flexibility index (Phi) is 6.50. The molecule has 2 aromatic rings. The third-order valence-corrected chi connectivity index (χ3v) is 5.60. The van der Waals surface area contributed by atoms with Gasteiger partial charge in [0.1, 0.15) is 5.82 Å². The highest BCUT2D eigenvalue weighted by Gasteiger charge is 2.16. The van der Waals surface area contributed by atoms with E-state index in [0.29, 0.717) is 11.8 Å². The molecule has 5 nitrogen and oxygen atoms in total. The van der Waals surface area contributed by atoms with Crippen molar-refractivity contribution in [2.75, 3.05) is 5.75 Å². The van der Waals surface area contributed by atoms with Gasteiger partial charge in [-0.25, -0.2) is 0 Å². The molecule has 1 heterocycles. The molecule has 0 radical (unpaired) electrons. The zero-order chi connectivity index (χ0) is 17.5. The summed E-state index contributed by atoms with van der Waals surface area (Å²) in [6.07, 6.45) is 7.26. The van der Waals surface area contributed by atoms with Gasteiger partial charge in [-0.2, -0.15) is 0 Å². The summed E-state index contributed by atoms with van der Waals surface area (Å²) in [5.41, 5.74) is 1.20. The molecule has 0 spiro atoms. The number of aromatic nitrogens is 3. The van der Waals surface area contributed by atoms with Gasteiger partial charge in [0, 0.05) is 6.04 Å². The number of carbonyl (C=O) groups is 1. The first-order chi connectivity index (χ1) is 12.2. The number of nitrogens with one attached hydrogen (secondary N) is 1. The number of amides is 1. The monoisotopic (exact) mass is 358 g/mol. The average Bonchev–Trinajstić information content (AvgIpc) is 2.81. The van der Waals surface area contributed by atoms with Crippen molar-refractivity contribution in [1.29, 1.82) is 0 Å². The Labute approximate surface area is 153 Å². The van der Waals surface area contributed by atoms with E-state index in [2.05, 4.69) is 32.2 Å². The summed E-state index contributed by atoms with van der Waals surface area (Å²) in [6.45, 7) is 2.68. The van der Waals surface area contributed by atoms with Crippen molar-refractivity contribution >= 4 is 17.7 Å². The molecule has 1 aliphatic rings. The van der Waals surface area contributed by atoms with Crippen LogP contribution in [0, 0.1) is 6.92 Å². The van der Waals surface area contributed by atoms with Gasteiger partial charge >= 0.3 is 0 Å². The van der Waals surface area contributed by atoms with Crippen LogP contribution in [0.3, 0.4) is 0 Å². The molecule has 1 aromatic carbocycles. The Morgan fingerprint density at radius 2 is 1.88 bits per heavy atom. The van der Waals surface area contributed by atoms with E-state index in [1.165, 1.54) is 43.0 Å². The Hall–Kier alpha value is -1.82. The van der Waals surface area contributed by atoms with Crippen molar-refractivity contribution in [2.24, 2.45) is 0 Å².